The second-order valence-corrected chi connectivity index (χ2v) is 6.58. The van der Waals surface area contributed by atoms with Crippen molar-refractivity contribution in [3.05, 3.63) is 69.2 Å². The third-order valence-corrected chi connectivity index (χ3v) is 3.94. The number of halogens is 2. The van der Waals surface area contributed by atoms with Crippen LogP contribution in [0, 0.1) is 0 Å². The molecule has 8 heteroatoms. The van der Waals surface area contributed by atoms with Crippen LogP contribution in [0.25, 0.3) is 6.08 Å². The van der Waals surface area contributed by atoms with E-state index in [9.17, 15) is 14.7 Å². The number of rotatable bonds is 4. The Morgan fingerprint density at radius 3 is 2.48 bits per heavy atom. The van der Waals surface area contributed by atoms with Crippen LogP contribution in [0.3, 0.4) is 0 Å². The van der Waals surface area contributed by atoms with Gasteiger partial charge < -0.3 is 10.4 Å². The summed E-state index contributed by atoms with van der Waals surface area (Å²) >= 11 is 14.0. The highest BCUT2D eigenvalue weighted by atomic mass is 79.9. The average Bonchev–Trinajstić information content (AvgIpc) is 2.55. The Morgan fingerprint density at radius 1 is 1.16 bits per heavy atom. The molecule has 0 fully saturated rings. The van der Waals surface area contributed by atoms with E-state index in [1.807, 2.05) is 0 Å². The lowest BCUT2D eigenvalue weighted by Crippen LogP contribution is -2.33. The summed E-state index contributed by atoms with van der Waals surface area (Å²) in [7, 11) is 0. The van der Waals surface area contributed by atoms with Gasteiger partial charge in [0.05, 0.1) is 11.3 Å². The Morgan fingerprint density at radius 2 is 1.84 bits per heavy atom. The normalized spacial score (nSPS) is 10.5. The van der Waals surface area contributed by atoms with Crippen molar-refractivity contribution in [2.24, 2.45) is 0 Å². The molecule has 5 nitrogen and oxygen atoms in total. The molecule has 0 saturated heterocycles. The zero-order valence-electron chi connectivity index (χ0n) is 12.6. The predicted molar refractivity (Wildman–Crippen MR) is 106 cm³/mol. The number of nitrogens with one attached hydrogen (secondary N) is 2. The van der Waals surface area contributed by atoms with Gasteiger partial charge in [0.15, 0.2) is 5.11 Å². The fourth-order valence-electron chi connectivity index (χ4n) is 1.86. The fraction of sp³-hybridized carbons (Fsp3) is 0. The van der Waals surface area contributed by atoms with E-state index in [2.05, 4.69) is 26.6 Å². The summed E-state index contributed by atoms with van der Waals surface area (Å²) in [6.07, 6.45) is 2.92. The van der Waals surface area contributed by atoms with Crippen LogP contribution in [0.5, 0.6) is 0 Å². The molecule has 0 saturated carbocycles. The van der Waals surface area contributed by atoms with E-state index in [0.29, 0.717) is 9.50 Å². The lowest BCUT2D eigenvalue weighted by molar-refractivity contribution is -0.115. The van der Waals surface area contributed by atoms with Gasteiger partial charge in [-0.1, -0.05) is 39.7 Å². The van der Waals surface area contributed by atoms with Crippen molar-refractivity contribution < 1.29 is 14.7 Å². The van der Waals surface area contributed by atoms with Crippen LogP contribution in [0.2, 0.25) is 5.02 Å². The number of benzene rings is 2. The molecule has 0 unspecified atom stereocenters. The van der Waals surface area contributed by atoms with E-state index in [4.69, 9.17) is 23.8 Å². The molecule has 2 aromatic rings. The number of thiocarbonyl (C=S) groups is 1. The Balaban J connectivity index is 1.99. The lowest BCUT2D eigenvalue weighted by atomic mass is 10.2. The van der Waals surface area contributed by atoms with Gasteiger partial charge in [-0.2, -0.15) is 0 Å². The van der Waals surface area contributed by atoms with Crippen LogP contribution in [-0.2, 0) is 4.79 Å². The maximum Gasteiger partial charge on any atom is 0.337 e. The molecule has 0 heterocycles. The quantitative estimate of drug-likeness (QED) is 0.488. The van der Waals surface area contributed by atoms with E-state index < -0.39 is 11.9 Å². The van der Waals surface area contributed by atoms with Crippen LogP contribution in [0.1, 0.15) is 15.9 Å². The van der Waals surface area contributed by atoms with Crippen molar-refractivity contribution >= 4 is 68.5 Å². The highest BCUT2D eigenvalue weighted by Crippen LogP contribution is 2.21. The van der Waals surface area contributed by atoms with Crippen molar-refractivity contribution in [1.82, 2.24) is 5.32 Å². The standard InChI is InChI=1S/C17H12BrClN2O3S/c18-11-4-7-14(13(9-11)16(23)24)20-17(25)21-15(22)8-3-10-1-5-12(19)6-2-10/h1-9H,(H,23,24)(H2,20,21,22,25). The van der Waals surface area contributed by atoms with Crippen molar-refractivity contribution in [3.8, 4) is 0 Å². The first-order valence-electron chi connectivity index (χ1n) is 6.93. The zero-order chi connectivity index (χ0) is 18.4. The first kappa shape index (κ1) is 19.1. The number of carbonyl (C=O) groups is 2. The molecule has 0 radical (unpaired) electrons. The lowest BCUT2D eigenvalue weighted by Gasteiger charge is -2.11. The molecule has 0 aliphatic heterocycles. The molecule has 0 aliphatic carbocycles. The molecule has 0 spiro atoms. The summed E-state index contributed by atoms with van der Waals surface area (Å²) in [5, 5.41) is 15.0. The number of carboxylic acids is 1. The molecule has 128 valence electrons. The molecule has 3 N–H and O–H groups in total. The first-order valence-corrected chi connectivity index (χ1v) is 8.51. The Kier molecular flexibility index (Phi) is 6.69. The summed E-state index contributed by atoms with van der Waals surface area (Å²) in [6.45, 7) is 0. The SMILES string of the molecule is O=C(C=Cc1ccc(Cl)cc1)NC(=S)Nc1ccc(Br)cc1C(=O)O. The summed E-state index contributed by atoms with van der Waals surface area (Å²) in [6, 6.07) is 11.6. The highest BCUT2D eigenvalue weighted by molar-refractivity contribution is 9.10. The van der Waals surface area contributed by atoms with E-state index in [0.717, 1.165) is 5.56 Å². The van der Waals surface area contributed by atoms with Gasteiger partial charge >= 0.3 is 5.97 Å². The van der Waals surface area contributed by atoms with Crippen molar-refractivity contribution in [1.29, 1.82) is 0 Å². The molecule has 1 amide bonds. The van der Waals surface area contributed by atoms with E-state index in [1.54, 1.807) is 42.5 Å². The van der Waals surface area contributed by atoms with Crippen molar-refractivity contribution in [2.75, 3.05) is 5.32 Å². The third kappa shape index (κ3) is 5.97. The number of hydrogen-bond donors (Lipinski definition) is 3. The fourth-order valence-corrected chi connectivity index (χ4v) is 2.55. The Labute approximate surface area is 162 Å². The molecule has 0 aliphatic rings. The van der Waals surface area contributed by atoms with Gasteiger partial charge in [-0.3, -0.25) is 10.1 Å². The van der Waals surface area contributed by atoms with Gasteiger partial charge in [0.25, 0.3) is 0 Å². The van der Waals surface area contributed by atoms with Gasteiger partial charge in [0, 0.05) is 15.6 Å². The molecular formula is C17H12BrClN2O3S. The van der Waals surface area contributed by atoms with Crippen molar-refractivity contribution in [3.63, 3.8) is 0 Å². The Bertz CT molecular complexity index is 853. The van der Waals surface area contributed by atoms with E-state index in [-0.39, 0.29) is 16.4 Å². The molecular weight excluding hydrogens is 428 g/mol. The monoisotopic (exact) mass is 438 g/mol. The average molecular weight is 440 g/mol. The van der Waals surface area contributed by atoms with Crippen LogP contribution in [0.15, 0.2) is 53.0 Å². The summed E-state index contributed by atoms with van der Waals surface area (Å²) in [4.78, 5) is 23.1. The van der Waals surface area contributed by atoms with Crippen LogP contribution < -0.4 is 10.6 Å². The minimum Gasteiger partial charge on any atom is -0.478 e. The number of hydrogen-bond acceptors (Lipinski definition) is 3. The van der Waals surface area contributed by atoms with Gasteiger partial charge in [0.2, 0.25) is 5.91 Å². The minimum atomic E-state index is -1.11. The largest absolute Gasteiger partial charge is 0.478 e. The molecule has 0 atom stereocenters. The molecule has 2 rings (SSSR count). The maximum absolute atomic E-state index is 11.9. The smallest absolute Gasteiger partial charge is 0.337 e. The summed E-state index contributed by atoms with van der Waals surface area (Å²) in [5.41, 5.74) is 1.12. The van der Waals surface area contributed by atoms with Gasteiger partial charge in [0.1, 0.15) is 0 Å². The number of carboxylic acid groups (broad SMARTS) is 1. The molecule has 0 aromatic heterocycles. The zero-order valence-corrected chi connectivity index (χ0v) is 15.8. The molecule has 25 heavy (non-hydrogen) atoms. The van der Waals surface area contributed by atoms with Gasteiger partial charge in [-0.15, -0.1) is 0 Å². The first-order chi connectivity index (χ1) is 11.8. The Hall–Kier alpha value is -2.22. The van der Waals surface area contributed by atoms with Crippen LogP contribution in [-0.4, -0.2) is 22.1 Å². The third-order valence-electron chi connectivity index (χ3n) is 2.99. The van der Waals surface area contributed by atoms with Gasteiger partial charge in [-0.25, -0.2) is 4.79 Å². The van der Waals surface area contributed by atoms with Gasteiger partial charge in [-0.05, 0) is 54.2 Å². The number of aromatic carboxylic acids is 1. The van der Waals surface area contributed by atoms with E-state index >= 15 is 0 Å². The predicted octanol–water partition coefficient (Wildman–Crippen LogP) is 4.33. The number of carbonyl (C=O) groups excluding carboxylic acids is 1. The second kappa shape index (κ2) is 8.75. The minimum absolute atomic E-state index is 0.00409. The number of amides is 1. The topological polar surface area (TPSA) is 78.4 Å². The second-order valence-electron chi connectivity index (χ2n) is 4.82. The number of anilines is 1. The van der Waals surface area contributed by atoms with Crippen LogP contribution >= 0.6 is 39.7 Å². The molecule has 2 aromatic carbocycles. The van der Waals surface area contributed by atoms with Crippen LogP contribution in [0.4, 0.5) is 5.69 Å². The summed E-state index contributed by atoms with van der Waals surface area (Å²) < 4.78 is 0.622. The maximum atomic E-state index is 11.9. The van der Waals surface area contributed by atoms with E-state index in [1.165, 1.54) is 12.1 Å². The molecule has 0 bridgehead atoms. The van der Waals surface area contributed by atoms with Crippen molar-refractivity contribution in [2.45, 2.75) is 0 Å². The highest BCUT2D eigenvalue weighted by Gasteiger charge is 2.12. The summed E-state index contributed by atoms with van der Waals surface area (Å²) in [5.74, 6) is -1.55.